The third-order valence-electron chi connectivity index (χ3n) is 10.5. The molecule has 4 aliphatic carbocycles. The monoisotopic (exact) mass is 491 g/mol. The van der Waals surface area contributed by atoms with Crippen LogP contribution in [0.25, 0.3) is 0 Å². The number of hydrogen-bond donors (Lipinski definition) is 2. The number of benzene rings is 1. The highest BCUT2D eigenvalue weighted by Gasteiger charge is 2.64. The van der Waals surface area contributed by atoms with E-state index in [9.17, 15) is 10.2 Å². The van der Waals surface area contributed by atoms with E-state index in [0.29, 0.717) is 31.5 Å². The van der Waals surface area contributed by atoms with Crippen LogP contribution in [0.1, 0.15) is 76.7 Å². The van der Waals surface area contributed by atoms with Crippen LogP contribution in [-0.2, 0) is 9.47 Å². The maximum Gasteiger partial charge on any atom is 0.171 e. The molecule has 6 rings (SSSR count). The minimum absolute atomic E-state index is 0.164. The summed E-state index contributed by atoms with van der Waals surface area (Å²) in [5, 5.41) is 24.0. The zero-order chi connectivity index (χ0) is 25.3. The van der Waals surface area contributed by atoms with Gasteiger partial charge in [0.05, 0.1) is 18.8 Å². The fourth-order valence-electron chi connectivity index (χ4n) is 8.73. The van der Waals surface area contributed by atoms with E-state index in [4.69, 9.17) is 9.47 Å². The van der Waals surface area contributed by atoms with Gasteiger partial charge in [0, 0.05) is 44.0 Å². The zero-order valence-corrected chi connectivity index (χ0v) is 22.3. The van der Waals surface area contributed by atoms with Gasteiger partial charge in [0.15, 0.2) is 5.79 Å². The van der Waals surface area contributed by atoms with Crippen LogP contribution in [0.15, 0.2) is 35.4 Å². The van der Waals surface area contributed by atoms with E-state index in [-0.39, 0.29) is 11.3 Å². The molecule has 0 aromatic heterocycles. The van der Waals surface area contributed by atoms with Gasteiger partial charge in [-0.3, -0.25) is 0 Å². The molecule has 5 nitrogen and oxygen atoms in total. The Balaban J connectivity index is 1.48. The van der Waals surface area contributed by atoms with Crippen LogP contribution in [0.2, 0.25) is 0 Å². The number of anilines is 1. The van der Waals surface area contributed by atoms with Crippen molar-refractivity contribution in [1.29, 1.82) is 0 Å². The van der Waals surface area contributed by atoms with Gasteiger partial charge < -0.3 is 24.6 Å². The first-order chi connectivity index (χ1) is 17.1. The Morgan fingerprint density at radius 1 is 1.00 bits per heavy atom. The van der Waals surface area contributed by atoms with Crippen molar-refractivity contribution in [2.24, 2.45) is 17.3 Å². The van der Waals surface area contributed by atoms with E-state index < -0.39 is 17.0 Å². The molecule has 5 aliphatic rings. The van der Waals surface area contributed by atoms with Gasteiger partial charge >= 0.3 is 0 Å². The third kappa shape index (κ3) is 3.45. The van der Waals surface area contributed by atoms with Crippen molar-refractivity contribution < 1.29 is 19.7 Å². The van der Waals surface area contributed by atoms with Crippen LogP contribution < -0.4 is 4.90 Å². The van der Waals surface area contributed by atoms with Crippen molar-refractivity contribution in [2.75, 3.05) is 32.2 Å². The summed E-state index contributed by atoms with van der Waals surface area (Å²) in [6.07, 6.45) is 6.41. The predicted molar refractivity (Wildman–Crippen MR) is 141 cm³/mol. The number of ether oxygens (including phenoxy) is 2. The number of rotatable bonds is 2. The van der Waals surface area contributed by atoms with Gasteiger partial charge in [0.1, 0.15) is 5.60 Å². The third-order valence-corrected chi connectivity index (χ3v) is 10.5. The molecule has 0 radical (unpaired) electrons. The fourth-order valence-corrected chi connectivity index (χ4v) is 8.73. The highest BCUT2D eigenvalue weighted by Crippen LogP contribution is 2.67. The first kappa shape index (κ1) is 24.5. The van der Waals surface area contributed by atoms with E-state index in [1.54, 1.807) is 0 Å². The number of nitrogens with zero attached hydrogens (tertiary/aromatic N) is 1. The number of allylic oxidation sites excluding steroid dienone is 1. The van der Waals surface area contributed by atoms with Crippen LogP contribution >= 0.6 is 0 Å². The van der Waals surface area contributed by atoms with E-state index in [2.05, 4.69) is 62.0 Å². The Labute approximate surface area is 215 Å². The van der Waals surface area contributed by atoms with E-state index in [1.807, 2.05) is 6.92 Å². The van der Waals surface area contributed by atoms with Crippen LogP contribution in [0.4, 0.5) is 5.69 Å². The molecule has 194 valence electrons. The summed E-state index contributed by atoms with van der Waals surface area (Å²) < 4.78 is 12.1. The lowest BCUT2D eigenvalue weighted by molar-refractivity contribution is -0.208. The minimum Gasteiger partial charge on any atom is -0.385 e. The summed E-state index contributed by atoms with van der Waals surface area (Å²) in [5.41, 5.74) is 3.04. The molecular formula is C31H41NO4. The van der Waals surface area contributed by atoms with Crippen LogP contribution in [0.3, 0.4) is 0 Å². The van der Waals surface area contributed by atoms with Crippen molar-refractivity contribution in [2.45, 2.75) is 88.1 Å². The van der Waals surface area contributed by atoms with Crippen molar-refractivity contribution >= 4 is 5.69 Å². The van der Waals surface area contributed by atoms with Crippen LogP contribution in [0.5, 0.6) is 0 Å². The van der Waals surface area contributed by atoms with Gasteiger partial charge in [-0.25, -0.2) is 0 Å². The minimum atomic E-state index is -0.958. The van der Waals surface area contributed by atoms with Gasteiger partial charge in [-0.2, -0.15) is 0 Å². The first-order valence-corrected chi connectivity index (χ1v) is 13.8. The molecule has 1 spiro atoms. The van der Waals surface area contributed by atoms with Gasteiger partial charge in [-0.15, -0.1) is 5.92 Å². The Morgan fingerprint density at radius 3 is 2.39 bits per heavy atom. The molecule has 3 unspecified atom stereocenters. The average molecular weight is 492 g/mol. The smallest absolute Gasteiger partial charge is 0.171 e. The molecule has 2 N–H and O–H groups in total. The Morgan fingerprint density at radius 2 is 1.72 bits per heavy atom. The summed E-state index contributed by atoms with van der Waals surface area (Å²) in [6, 6.07) is 8.91. The quantitative estimate of drug-likeness (QED) is 0.461. The molecule has 1 aromatic carbocycles. The lowest BCUT2D eigenvalue weighted by Crippen LogP contribution is -2.55. The summed E-state index contributed by atoms with van der Waals surface area (Å²) in [4.78, 5) is 2.13. The summed E-state index contributed by atoms with van der Waals surface area (Å²) in [7, 11) is 4.13. The van der Waals surface area contributed by atoms with Gasteiger partial charge in [-0.1, -0.05) is 30.6 Å². The average Bonchev–Trinajstić information content (AvgIpc) is 3.40. The standard InChI is InChI=1S/C31H41NO4/c1-5-13-30(34)15-11-25-23-10-14-29(33)20-31(35-17-18-36-31)16-12-26(29)27(23)24(19-28(25,30)2)21-6-8-22(9-7-21)32(3)4/h6-9,23-25,33-34H,10-12,14-20H2,1-4H3/t23?,24?,25?,28-,29+,30-/m0/s1. The van der Waals surface area contributed by atoms with Crippen molar-refractivity contribution in [3.63, 3.8) is 0 Å². The second-order valence-corrected chi connectivity index (χ2v) is 12.4. The van der Waals surface area contributed by atoms with E-state index in [0.717, 1.165) is 44.9 Å². The Hall–Kier alpha value is -1.84. The molecule has 5 heteroatoms. The highest BCUT2D eigenvalue weighted by molar-refractivity contribution is 5.50. The fraction of sp³-hybridized carbons (Fsp3) is 0.677. The maximum absolute atomic E-state index is 12.1. The molecule has 1 saturated heterocycles. The van der Waals surface area contributed by atoms with Crippen molar-refractivity contribution in [3.8, 4) is 11.8 Å². The summed E-state index contributed by atoms with van der Waals surface area (Å²) >= 11 is 0. The SMILES string of the molecule is CC#C[C@]1(O)CCC2C3CC[C@@]4(O)CC5(CCC4=C3C(c3ccc(N(C)C)cc3)C[C@@]21C)OCCO5. The lowest BCUT2D eigenvalue weighted by Gasteiger charge is -2.57. The van der Waals surface area contributed by atoms with Crippen molar-refractivity contribution in [1.82, 2.24) is 0 Å². The second-order valence-electron chi connectivity index (χ2n) is 12.4. The number of fused-ring (bicyclic) bond motifs is 4. The first-order valence-electron chi connectivity index (χ1n) is 13.8. The highest BCUT2D eigenvalue weighted by atomic mass is 16.7. The molecule has 36 heavy (non-hydrogen) atoms. The molecule has 6 atom stereocenters. The Bertz CT molecular complexity index is 1120. The molecular weight excluding hydrogens is 450 g/mol. The van der Waals surface area contributed by atoms with Crippen LogP contribution in [0, 0.1) is 29.1 Å². The van der Waals surface area contributed by atoms with Gasteiger partial charge in [0.2, 0.25) is 0 Å². The van der Waals surface area contributed by atoms with Gasteiger partial charge in [0.25, 0.3) is 0 Å². The summed E-state index contributed by atoms with van der Waals surface area (Å²) in [5.74, 6) is 6.58. The molecule has 1 heterocycles. The van der Waals surface area contributed by atoms with Gasteiger partial charge in [-0.05, 0) is 80.6 Å². The summed E-state index contributed by atoms with van der Waals surface area (Å²) in [6.45, 7) is 5.36. The molecule has 0 amide bonds. The zero-order valence-electron chi connectivity index (χ0n) is 22.3. The largest absolute Gasteiger partial charge is 0.385 e. The molecule has 1 aromatic rings. The van der Waals surface area contributed by atoms with E-state index >= 15 is 0 Å². The number of hydrogen-bond acceptors (Lipinski definition) is 5. The molecule has 3 saturated carbocycles. The molecule has 1 aliphatic heterocycles. The Kier molecular flexibility index (Phi) is 5.67. The normalized spacial score (nSPS) is 40.8. The molecule has 0 bridgehead atoms. The van der Waals surface area contributed by atoms with E-state index in [1.165, 1.54) is 22.4 Å². The van der Waals surface area contributed by atoms with Crippen molar-refractivity contribution in [3.05, 3.63) is 41.0 Å². The molecule has 4 fully saturated rings. The predicted octanol–water partition coefficient (Wildman–Crippen LogP) is 4.78. The maximum atomic E-state index is 12.1. The lowest BCUT2D eigenvalue weighted by atomic mass is 9.49. The topological polar surface area (TPSA) is 62.2 Å². The second kappa shape index (κ2) is 8.33. The van der Waals surface area contributed by atoms with Crippen LogP contribution in [-0.4, -0.2) is 54.5 Å². The number of aliphatic hydroxyl groups is 2.